The zero-order valence-corrected chi connectivity index (χ0v) is 20.0. The molecule has 3 aromatic carbocycles. The fraction of sp³-hybridized carbons (Fsp3) is 0.0476. The van der Waals surface area contributed by atoms with Crippen molar-refractivity contribution in [2.75, 3.05) is 10.8 Å². The maximum atomic E-state index is 13.3. The van der Waals surface area contributed by atoms with Crippen molar-refractivity contribution in [2.45, 2.75) is 4.90 Å². The second-order valence-electron chi connectivity index (χ2n) is 6.40. The van der Waals surface area contributed by atoms with Gasteiger partial charge in [-0.05, 0) is 54.6 Å². The first kappa shape index (κ1) is 24.4. The first-order valence-electron chi connectivity index (χ1n) is 8.97. The first-order chi connectivity index (χ1) is 15.2. The molecule has 1 amide bonds. The Morgan fingerprint density at radius 2 is 1.56 bits per heavy atom. The molecule has 0 saturated carbocycles. The van der Waals surface area contributed by atoms with Crippen LogP contribution in [0.15, 0.2) is 76.7 Å². The quantitative estimate of drug-likeness (QED) is 0.317. The highest BCUT2D eigenvalue weighted by Gasteiger charge is 2.27. The second-order valence-corrected chi connectivity index (χ2v) is 9.98. The molecule has 32 heavy (non-hydrogen) atoms. The Morgan fingerprint density at radius 1 is 0.906 bits per heavy atom. The Balaban J connectivity index is 1.85. The van der Waals surface area contributed by atoms with E-state index in [2.05, 4.69) is 10.5 Å². The lowest BCUT2D eigenvalue weighted by molar-refractivity contribution is -0.119. The number of nitrogens with one attached hydrogen (secondary N) is 1. The minimum Gasteiger partial charge on any atom is -0.271 e. The van der Waals surface area contributed by atoms with Gasteiger partial charge in [0, 0.05) is 20.6 Å². The van der Waals surface area contributed by atoms with E-state index in [9.17, 15) is 13.2 Å². The van der Waals surface area contributed by atoms with Gasteiger partial charge < -0.3 is 0 Å². The average Bonchev–Trinajstić information content (AvgIpc) is 2.74. The van der Waals surface area contributed by atoms with Gasteiger partial charge in [0.15, 0.2) is 0 Å². The van der Waals surface area contributed by atoms with Gasteiger partial charge in [0.05, 0.1) is 21.8 Å². The maximum Gasteiger partial charge on any atom is 0.264 e. The minimum atomic E-state index is -4.10. The van der Waals surface area contributed by atoms with E-state index in [0.29, 0.717) is 25.7 Å². The predicted octanol–water partition coefficient (Wildman–Crippen LogP) is 5.65. The van der Waals surface area contributed by atoms with Crippen LogP contribution in [0, 0.1) is 0 Å². The van der Waals surface area contributed by atoms with E-state index in [-0.39, 0.29) is 10.6 Å². The van der Waals surface area contributed by atoms with Crippen molar-refractivity contribution in [3.63, 3.8) is 0 Å². The second kappa shape index (κ2) is 10.6. The molecule has 1 N–H and O–H groups in total. The Morgan fingerprint density at radius 3 is 2.22 bits per heavy atom. The number of anilines is 1. The predicted molar refractivity (Wildman–Crippen MR) is 130 cm³/mol. The molecular weight excluding hydrogens is 516 g/mol. The molecule has 0 aromatic heterocycles. The normalized spacial score (nSPS) is 11.5. The molecule has 3 rings (SSSR count). The Labute approximate surface area is 205 Å². The van der Waals surface area contributed by atoms with Crippen LogP contribution in [-0.2, 0) is 14.8 Å². The summed E-state index contributed by atoms with van der Waals surface area (Å²) in [5.74, 6) is -0.677. The van der Waals surface area contributed by atoms with Gasteiger partial charge in [-0.15, -0.1) is 0 Å². The Bertz CT molecular complexity index is 1270. The number of amides is 1. The highest BCUT2D eigenvalue weighted by atomic mass is 35.5. The zero-order chi connectivity index (χ0) is 23.3. The summed E-state index contributed by atoms with van der Waals surface area (Å²) >= 11 is 23.8. The number of rotatable bonds is 7. The van der Waals surface area contributed by atoms with Gasteiger partial charge in [0.1, 0.15) is 6.54 Å². The molecule has 0 bridgehead atoms. The van der Waals surface area contributed by atoms with E-state index < -0.39 is 22.5 Å². The number of nitrogens with zero attached hydrogens (tertiary/aromatic N) is 2. The van der Waals surface area contributed by atoms with E-state index in [1.165, 1.54) is 48.7 Å². The van der Waals surface area contributed by atoms with Crippen molar-refractivity contribution in [1.29, 1.82) is 0 Å². The summed E-state index contributed by atoms with van der Waals surface area (Å²) in [5, 5.41) is 5.35. The van der Waals surface area contributed by atoms with Crippen molar-refractivity contribution in [3.8, 4) is 0 Å². The van der Waals surface area contributed by atoms with Crippen LogP contribution in [0.3, 0.4) is 0 Å². The third kappa shape index (κ3) is 6.15. The first-order valence-corrected chi connectivity index (χ1v) is 11.9. The third-order valence-corrected chi connectivity index (χ3v) is 6.98. The lowest BCUT2D eigenvalue weighted by Crippen LogP contribution is -2.39. The molecule has 6 nitrogen and oxygen atoms in total. The van der Waals surface area contributed by atoms with E-state index in [0.717, 1.165) is 4.31 Å². The van der Waals surface area contributed by atoms with E-state index in [1.54, 1.807) is 24.3 Å². The fourth-order valence-corrected chi connectivity index (χ4v) is 4.81. The standard InChI is InChI=1S/C21H15Cl4N3O3S/c22-15-6-8-19(9-7-15)32(30,31)28(18-3-1-2-16(23)10-18)13-21(29)27-26-12-14-4-5-17(24)11-20(14)25/h1-12H,13H2,(H,27,29)/b26-12-. The molecule has 0 aliphatic rings. The number of carbonyl (C=O) groups is 1. The van der Waals surface area contributed by atoms with Crippen LogP contribution in [0.1, 0.15) is 5.56 Å². The third-order valence-electron chi connectivity index (χ3n) is 4.14. The Kier molecular flexibility index (Phi) is 8.03. The van der Waals surface area contributed by atoms with Gasteiger partial charge in [-0.2, -0.15) is 5.10 Å². The highest BCUT2D eigenvalue weighted by molar-refractivity contribution is 7.92. The van der Waals surface area contributed by atoms with Crippen LogP contribution in [0.4, 0.5) is 5.69 Å². The molecular formula is C21H15Cl4N3O3S. The molecule has 0 fully saturated rings. The van der Waals surface area contributed by atoms with Gasteiger partial charge >= 0.3 is 0 Å². The molecule has 0 unspecified atom stereocenters. The fourth-order valence-electron chi connectivity index (χ4n) is 2.63. The number of hydrogen-bond acceptors (Lipinski definition) is 4. The van der Waals surface area contributed by atoms with Gasteiger partial charge in [-0.1, -0.05) is 58.5 Å². The number of sulfonamides is 1. The van der Waals surface area contributed by atoms with Crippen molar-refractivity contribution < 1.29 is 13.2 Å². The van der Waals surface area contributed by atoms with Gasteiger partial charge in [0.2, 0.25) is 0 Å². The highest BCUT2D eigenvalue weighted by Crippen LogP contribution is 2.26. The lowest BCUT2D eigenvalue weighted by atomic mass is 10.2. The largest absolute Gasteiger partial charge is 0.271 e. The topological polar surface area (TPSA) is 78.8 Å². The molecule has 0 spiro atoms. The van der Waals surface area contributed by atoms with Crippen LogP contribution in [0.2, 0.25) is 20.1 Å². The molecule has 0 heterocycles. The summed E-state index contributed by atoms with van der Waals surface area (Å²) in [7, 11) is -4.10. The summed E-state index contributed by atoms with van der Waals surface area (Å²) < 4.78 is 27.4. The average molecular weight is 531 g/mol. The molecule has 166 valence electrons. The summed E-state index contributed by atoms with van der Waals surface area (Å²) in [5.41, 5.74) is 3.04. The molecule has 11 heteroatoms. The van der Waals surface area contributed by atoms with E-state index in [1.807, 2.05) is 0 Å². The van der Waals surface area contributed by atoms with Crippen molar-refractivity contribution in [1.82, 2.24) is 5.43 Å². The number of hydrogen-bond donors (Lipinski definition) is 1. The van der Waals surface area contributed by atoms with Gasteiger partial charge in [-0.3, -0.25) is 9.10 Å². The van der Waals surface area contributed by atoms with E-state index in [4.69, 9.17) is 46.4 Å². The molecule has 0 radical (unpaired) electrons. The van der Waals surface area contributed by atoms with Gasteiger partial charge in [-0.25, -0.2) is 13.8 Å². The summed E-state index contributed by atoms with van der Waals surface area (Å²) in [6.07, 6.45) is 1.33. The van der Waals surface area contributed by atoms with Crippen LogP contribution >= 0.6 is 46.4 Å². The minimum absolute atomic E-state index is 0.0360. The summed E-state index contributed by atoms with van der Waals surface area (Å²) in [6.45, 7) is -0.545. The SMILES string of the molecule is O=C(CN(c1cccc(Cl)c1)S(=O)(=O)c1ccc(Cl)cc1)N/N=C\c1ccc(Cl)cc1Cl. The number of halogens is 4. The number of benzene rings is 3. The van der Waals surface area contributed by atoms with Crippen LogP contribution < -0.4 is 9.73 Å². The van der Waals surface area contributed by atoms with Gasteiger partial charge in [0.25, 0.3) is 15.9 Å². The van der Waals surface area contributed by atoms with Crippen LogP contribution in [-0.4, -0.2) is 27.1 Å². The Hall–Kier alpha value is -2.29. The number of hydrazone groups is 1. The molecule has 0 aliphatic heterocycles. The summed E-state index contributed by atoms with van der Waals surface area (Å²) in [6, 6.07) is 16.5. The maximum absolute atomic E-state index is 13.3. The lowest BCUT2D eigenvalue weighted by Gasteiger charge is -2.23. The van der Waals surface area contributed by atoms with Crippen LogP contribution in [0.25, 0.3) is 0 Å². The van der Waals surface area contributed by atoms with Crippen molar-refractivity contribution >= 4 is 74.2 Å². The molecule has 0 atom stereocenters. The number of carbonyl (C=O) groups excluding carboxylic acids is 1. The smallest absolute Gasteiger partial charge is 0.264 e. The zero-order valence-electron chi connectivity index (χ0n) is 16.2. The molecule has 3 aromatic rings. The molecule has 0 saturated heterocycles. The van der Waals surface area contributed by atoms with Crippen molar-refractivity contribution in [2.24, 2.45) is 5.10 Å². The van der Waals surface area contributed by atoms with Crippen LogP contribution in [0.5, 0.6) is 0 Å². The monoisotopic (exact) mass is 529 g/mol. The van der Waals surface area contributed by atoms with Crippen molar-refractivity contribution in [3.05, 3.63) is 92.4 Å². The molecule has 0 aliphatic carbocycles. The van der Waals surface area contributed by atoms with E-state index >= 15 is 0 Å². The summed E-state index contributed by atoms with van der Waals surface area (Å²) in [4.78, 5) is 12.5.